The van der Waals surface area contributed by atoms with Gasteiger partial charge in [0.25, 0.3) is 0 Å². The van der Waals surface area contributed by atoms with Gasteiger partial charge in [0.2, 0.25) is 0 Å². The average molecular weight is 425 g/mol. The summed E-state index contributed by atoms with van der Waals surface area (Å²) in [7, 11) is 0. The van der Waals surface area contributed by atoms with Gasteiger partial charge in [0.05, 0.1) is 0 Å². The van der Waals surface area contributed by atoms with E-state index in [0.717, 1.165) is 30.8 Å². The lowest BCUT2D eigenvalue weighted by atomic mass is 10.00. The van der Waals surface area contributed by atoms with Crippen LogP contribution in [0.15, 0.2) is 78.9 Å². The van der Waals surface area contributed by atoms with Crippen molar-refractivity contribution in [1.82, 2.24) is 5.32 Å². The molecule has 1 aliphatic heterocycles. The summed E-state index contributed by atoms with van der Waals surface area (Å²) in [6.45, 7) is 3.12. The fourth-order valence-corrected chi connectivity index (χ4v) is 4.83. The molecule has 1 heterocycles. The third-order valence-electron chi connectivity index (χ3n) is 6.86. The molecule has 164 valence electrons. The van der Waals surface area contributed by atoms with E-state index in [-0.39, 0.29) is 5.78 Å². The predicted molar refractivity (Wildman–Crippen MR) is 131 cm³/mol. The number of piperidine rings is 1. The van der Waals surface area contributed by atoms with Crippen molar-refractivity contribution < 1.29 is 4.79 Å². The van der Waals surface area contributed by atoms with Crippen LogP contribution >= 0.6 is 0 Å². The van der Waals surface area contributed by atoms with Crippen LogP contribution in [0.3, 0.4) is 0 Å². The summed E-state index contributed by atoms with van der Waals surface area (Å²) < 4.78 is 0. The van der Waals surface area contributed by atoms with E-state index in [2.05, 4.69) is 76.9 Å². The summed E-state index contributed by atoms with van der Waals surface area (Å²) in [4.78, 5) is 15.3. The molecule has 3 aromatic rings. The Hall–Kier alpha value is -2.91. The summed E-state index contributed by atoms with van der Waals surface area (Å²) in [6, 6.07) is 28.0. The number of carbonyl (C=O) groups excluding carboxylic acids is 1. The lowest BCUT2D eigenvalue weighted by Crippen LogP contribution is -2.29. The van der Waals surface area contributed by atoms with E-state index in [9.17, 15) is 4.79 Å². The Morgan fingerprint density at radius 3 is 2.41 bits per heavy atom. The van der Waals surface area contributed by atoms with E-state index in [0.29, 0.717) is 18.4 Å². The summed E-state index contributed by atoms with van der Waals surface area (Å²) in [5, 5.41) is 3.66. The fraction of sp³-hybridized carbons (Fsp3) is 0.345. The molecule has 1 aliphatic carbocycles. The summed E-state index contributed by atoms with van der Waals surface area (Å²) in [5.41, 5.74) is 5.81. The van der Waals surface area contributed by atoms with Gasteiger partial charge in [-0.25, -0.2) is 0 Å². The first-order valence-electron chi connectivity index (χ1n) is 12.0. The van der Waals surface area contributed by atoms with Gasteiger partial charge in [-0.1, -0.05) is 66.7 Å². The number of Topliss-reactive ketones (excluding diaryl/α,β-unsaturated/α-hetero) is 1. The van der Waals surface area contributed by atoms with E-state index in [4.69, 9.17) is 0 Å². The second kappa shape index (κ2) is 9.70. The van der Waals surface area contributed by atoms with E-state index in [1.165, 1.54) is 42.5 Å². The third-order valence-corrected chi connectivity index (χ3v) is 6.86. The largest absolute Gasteiger partial charge is 0.372 e. The van der Waals surface area contributed by atoms with Crippen LogP contribution in [-0.2, 0) is 13.0 Å². The lowest BCUT2D eigenvalue weighted by Gasteiger charge is -2.29. The van der Waals surface area contributed by atoms with E-state index in [1.54, 1.807) is 0 Å². The van der Waals surface area contributed by atoms with Crippen molar-refractivity contribution in [3.8, 4) is 0 Å². The number of benzene rings is 3. The zero-order chi connectivity index (χ0) is 21.8. The molecule has 2 unspecified atom stereocenters. The second-order valence-electron chi connectivity index (χ2n) is 9.25. The highest BCUT2D eigenvalue weighted by molar-refractivity contribution is 5.98. The fourth-order valence-electron chi connectivity index (χ4n) is 4.83. The van der Waals surface area contributed by atoms with Gasteiger partial charge in [-0.3, -0.25) is 4.79 Å². The Morgan fingerprint density at radius 1 is 0.844 bits per heavy atom. The molecule has 2 atom stereocenters. The Morgan fingerprint density at radius 2 is 1.62 bits per heavy atom. The molecule has 0 aromatic heterocycles. The summed E-state index contributed by atoms with van der Waals surface area (Å²) in [6.07, 6.45) is 5.45. The SMILES string of the molecule is O=C(Cc1ccc(C2CC2NCc2ccccc2)cc1)c1cccc(N2CCCCC2)c1. The molecule has 2 fully saturated rings. The molecular formula is C29H32N2O. The van der Waals surface area contributed by atoms with Crippen molar-refractivity contribution in [3.63, 3.8) is 0 Å². The van der Waals surface area contributed by atoms with Crippen molar-refractivity contribution in [1.29, 1.82) is 0 Å². The highest BCUT2D eigenvalue weighted by Gasteiger charge is 2.37. The molecule has 1 saturated heterocycles. The molecule has 1 N–H and O–H groups in total. The average Bonchev–Trinajstić information content (AvgIpc) is 3.64. The van der Waals surface area contributed by atoms with Crippen molar-refractivity contribution in [2.24, 2.45) is 0 Å². The standard InChI is InChI=1S/C29H32N2O/c32-29(25-10-7-11-26(19-25)31-16-5-2-6-17-31)18-22-12-14-24(15-13-22)27-20-28(27)30-21-23-8-3-1-4-9-23/h1,3-4,7-15,19,27-28,30H,2,5-6,16-18,20-21H2. The number of nitrogens with zero attached hydrogens (tertiary/aromatic N) is 1. The molecule has 3 aromatic carbocycles. The Bertz CT molecular complexity index is 1040. The van der Waals surface area contributed by atoms with Crippen LogP contribution in [0.2, 0.25) is 0 Å². The molecule has 1 saturated carbocycles. The minimum Gasteiger partial charge on any atom is -0.372 e. The maximum Gasteiger partial charge on any atom is 0.167 e. The molecule has 0 amide bonds. The second-order valence-corrected chi connectivity index (χ2v) is 9.25. The van der Waals surface area contributed by atoms with Crippen LogP contribution in [0.25, 0.3) is 0 Å². The molecule has 3 heteroatoms. The number of hydrogen-bond donors (Lipinski definition) is 1. The Balaban J connectivity index is 1.15. The van der Waals surface area contributed by atoms with Crippen molar-refractivity contribution in [2.45, 2.75) is 50.6 Å². The number of hydrogen-bond acceptors (Lipinski definition) is 3. The van der Waals surface area contributed by atoms with Gasteiger partial charge in [-0.05, 0) is 54.5 Å². The van der Waals surface area contributed by atoms with Crippen LogP contribution in [0.5, 0.6) is 0 Å². The first kappa shape index (κ1) is 21.0. The minimum atomic E-state index is 0.199. The molecule has 0 spiro atoms. The van der Waals surface area contributed by atoms with E-state index >= 15 is 0 Å². The number of nitrogens with one attached hydrogen (secondary N) is 1. The van der Waals surface area contributed by atoms with Gasteiger partial charge in [0, 0.05) is 49.3 Å². The van der Waals surface area contributed by atoms with Crippen LogP contribution in [0, 0.1) is 0 Å². The van der Waals surface area contributed by atoms with Crippen molar-refractivity contribution >= 4 is 11.5 Å². The monoisotopic (exact) mass is 424 g/mol. The van der Waals surface area contributed by atoms with Crippen LogP contribution in [0.4, 0.5) is 5.69 Å². The van der Waals surface area contributed by atoms with Crippen molar-refractivity contribution in [3.05, 3.63) is 101 Å². The minimum absolute atomic E-state index is 0.199. The number of rotatable bonds is 8. The van der Waals surface area contributed by atoms with Gasteiger partial charge in [0.15, 0.2) is 5.78 Å². The highest BCUT2D eigenvalue weighted by Crippen LogP contribution is 2.41. The number of ketones is 1. The molecule has 3 nitrogen and oxygen atoms in total. The molecule has 5 rings (SSSR count). The van der Waals surface area contributed by atoms with Gasteiger partial charge < -0.3 is 10.2 Å². The molecule has 0 radical (unpaired) electrons. The van der Waals surface area contributed by atoms with Gasteiger partial charge in [-0.2, -0.15) is 0 Å². The third kappa shape index (κ3) is 5.11. The van der Waals surface area contributed by atoms with E-state index < -0.39 is 0 Å². The van der Waals surface area contributed by atoms with E-state index in [1.807, 2.05) is 12.1 Å². The zero-order valence-electron chi connectivity index (χ0n) is 18.7. The van der Waals surface area contributed by atoms with Crippen molar-refractivity contribution in [2.75, 3.05) is 18.0 Å². The highest BCUT2D eigenvalue weighted by atomic mass is 16.1. The quantitative estimate of drug-likeness (QED) is 0.468. The first-order chi connectivity index (χ1) is 15.8. The molecular weight excluding hydrogens is 392 g/mol. The smallest absolute Gasteiger partial charge is 0.167 e. The maximum absolute atomic E-state index is 12.9. The van der Waals surface area contributed by atoms with Crippen LogP contribution < -0.4 is 10.2 Å². The summed E-state index contributed by atoms with van der Waals surface area (Å²) >= 11 is 0. The van der Waals surface area contributed by atoms with Crippen LogP contribution in [-0.4, -0.2) is 24.9 Å². The first-order valence-corrected chi connectivity index (χ1v) is 12.0. The van der Waals surface area contributed by atoms with Gasteiger partial charge in [-0.15, -0.1) is 0 Å². The Labute approximate surface area is 191 Å². The normalized spacial score (nSPS) is 20.2. The topological polar surface area (TPSA) is 32.3 Å². The predicted octanol–water partition coefficient (Wildman–Crippen LogP) is 5.75. The number of anilines is 1. The lowest BCUT2D eigenvalue weighted by molar-refractivity contribution is 0.0993. The molecule has 0 bridgehead atoms. The maximum atomic E-state index is 12.9. The molecule has 32 heavy (non-hydrogen) atoms. The number of carbonyl (C=O) groups is 1. The van der Waals surface area contributed by atoms with Gasteiger partial charge >= 0.3 is 0 Å². The summed E-state index contributed by atoms with van der Waals surface area (Å²) in [5.74, 6) is 0.787. The van der Waals surface area contributed by atoms with Crippen LogP contribution in [0.1, 0.15) is 58.6 Å². The van der Waals surface area contributed by atoms with Gasteiger partial charge in [0.1, 0.15) is 0 Å². The Kier molecular flexibility index (Phi) is 6.36. The molecule has 2 aliphatic rings. The zero-order valence-corrected chi connectivity index (χ0v) is 18.7.